The Morgan fingerprint density at radius 1 is 0.783 bits per heavy atom. The van der Waals surface area contributed by atoms with Gasteiger partial charge in [-0.15, -0.1) is 26.3 Å². The van der Waals surface area contributed by atoms with E-state index >= 15 is 0 Å². The Labute approximate surface area is 343 Å². The number of amides is 2. The summed E-state index contributed by atoms with van der Waals surface area (Å²) in [6, 6.07) is 21.4. The third-order valence-corrected chi connectivity index (χ3v) is 8.29. The number of hydroxylamine groups is 1. The molecule has 6 rings (SSSR count). The van der Waals surface area contributed by atoms with Crippen LogP contribution in [0, 0.1) is 10.1 Å². The first kappa shape index (κ1) is 46.1. The van der Waals surface area contributed by atoms with E-state index in [0.717, 1.165) is 44.2 Å². The molecule has 60 heavy (non-hydrogen) atoms. The highest BCUT2D eigenvalue weighted by molar-refractivity contribution is 6.39. The van der Waals surface area contributed by atoms with Gasteiger partial charge in [-0.3, -0.25) is 38.4 Å². The van der Waals surface area contributed by atoms with Crippen molar-refractivity contribution < 1.29 is 50.4 Å². The van der Waals surface area contributed by atoms with Gasteiger partial charge in [0.2, 0.25) is 11.8 Å². The Balaban J connectivity index is 0.000000243. The Hall–Kier alpha value is -6.58. The average molecular weight is 885 g/mol. The zero-order valence-corrected chi connectivity index (χ0v) is 32.6. The first-order valence-corrected chi connectivity index (χ1v) is 17.5. The number of fused-ring (bicyclic) bond motifs is 2. The summed E-state index contributed by atoms with van der Waals surface area (Å²) in [6.07, 6.45) is -7.66. The first-order valence-electron chi connectivity index (χ1n) is 16.7. The Kier molecular flexibility index (Phi) is 14.9. The van der Waals surface area contributed by atoms with Gasteiger partial charge in [0.1, 0.15) is 5.69 Å². The summed E-state index contributed by atoms with van der Waals surface area (Å²) in [5.41, 5.74) is -0.211. The summed E-state index contributed by atoms with van der Waals surface area (Å²) in [5, 5.41) is 10.3. The maximum absolute atomic E-state index is 12.8. The van der Waals surface area contributed by atoms with E-state index in [2.05, 4.69) is 24.9 Å². The molecule has 0 bridgehead atoms. The molecular weight excluding hydrogens is 855 g/mol. The van der Waals surface area contributed by atoms with Crippen LogP contribution < -0.4 is 26.2 Å². The Bertz CT molecular complexity index is 2640. The second-order valence-corrected chi connectivity index (χ2v) is 12.9. The van der Waals surface area contributed by atoms with E-state index in [-0.39, 0.29) is 55.7 Å². The molecule has 0 aliphatic carbocycles. The number of nitro groups is 1. The van der Waals surface area contributed by atoms with Crippen LogP contribution in [0.5, 0.6) is 5.75 Å². The van der Waals surface area contributed by atoms with E-state index in [1.165, 1.54) is 27.9 Å². The van der Waals surface area contributed by atoms with Gasteiger partial charge in [0.25, 0.3) is 11.1 Å². The van der Waals surface area contributed by atoms with Crippen molar-refractivity contribution in [1.82, 2.24) is 19.1 Å². The number of hydrogen-bond donors (Lipinski definition) is 1. The minimum absolute atomic E-state index is 0.0128. The molecule has 1 N–H and O–H groups in total. The van der Waals surface area contributed by atoms with E-state index in [4.69, 9.17) is 33.3 Å². The largest absolute Gasteiger partial charge is 0.573 e. The van der Waals surface area contributed by atoms with Crippen LogP contribution in [0.15, 0.2) is 101 Å². The summed E-state index contributed by atoms with van der Waals surface area (Å²) in [4.78, 5) is 68.6. The minimum atomic E-state index is -5.10. The quantitative estimate of drug-likeness (QED) is 0.0902. The maximum atomic E-state index is 12.8. The smallest absolute Gasteiger partial charge is 0.403 e. The summed E-state index contributed by atoms with van der Waals surface area (Å²) in [7, 11) is 0.889. The fraction of sp³-hybridized carbons (Fsp3) is 0.189. The fourth-order valence-corrected chi connectivity index (χ4v) is 5.84. The number of nitrogens with one attached hydrogen (secondary N) is 1. The summed E-state index contributed by atoms with van der Waals surface area (Å²) in [5.74, 6) is -2.50. The zero-order valence-electron chi connectivity index (χ0n) is 31.0. The molecule has 0 saturated heterocycles. The second kappa shape index (κ2) is 19.4. The highest BCUT2D eigenvalue weighted by Gasteiger charge is 2.37. The molecule has 0 radical (unpaired) electrons. The first-order chi connectivity index (χ1) is 28.1. The third kappa shape index (κ3) is 12.5. The lowest BCUT2D eigenvalue weighted by Gasteiger charge is -2.22. The Morgan fingerprint density at radius 2 is 1.25 bits per heavy atom. The standard InChI is InChI=1S/2C18H13ClF3N3O3.CH3NO2/c1-10(26)24-16-13(28-18(20,21)22)7-12-15(14(16)19)23-9-25(17(12)27)8-11-5-3-2-4-6-11;1-11(26)25(28-18(20,21)22)14-8-7-13-16(15(14)19)23-10-24(17(13)27)9-12-5-3-2-4-6-12;1-2(3)4/h2-7,9H,8H2,1H3,(H,24,26);2-8,10H,9H2,1H3;1H3. The van der Waals surface area contributed by atoms with Crippen molar-refractivity contribution in [2.75, 3.05) is 17.4 Å². The number of ether oxygens (including phenoxy) is 1. The fourth-order valence-electron chi connectivity index (χ4n) is 5.25. The lowest BCUT2D eigenvalue weighted by molar-refractivity contribution is -0.445. The van der Waals surface area contributed by atoms with Crippen LogP contribution in [-0.4, -0.2) is 55.6 Å². The van der Waals surface area contributed by atoms with E-state index in [1.807, 2.05) is 36.4 Å². The lowest BCUT2D eigenvalue weighted by atomic mass is 10.2. The van der Waals surface area contributed by atoms with Crippen LogP contribution >= 0.6 is 23.2 Å². The number of alkyl halides is 6. The van der Waals surface area contributed by atoms with Crippen LogP contribution in [0.3, 0.4) is 0 Å². The summed E-state index contributed by atoms with van der Waals surface area (Å²) < 4.78 is 82.7. The van der Waals surface area contributed by atoms with Crippen LogP contribution in [-0.2, 0) is 27.5 Å². The van der Waals surface area contributed by atoms with Crippen LogP contribution in [0.25, 0.3) is 21.8 Å². The van der Waals surface area contributed by atoms with Gasteiger partial charge in [0.15, 0.2) is 12.8 Å². The van der Waals surface area contributed by atoms with Crippen LogP contribution in [0.1, 0.15) is 25.0 Å². The molecule has 316 valence electrons. The SMILES string of the molecule is CC(=O)N(OC(F)(F)F)c1ccc2c(=O)n(Cc3ccccc3)cnc2c1Cl.CC(=O)Nc1c(OC(F)(F)F)cc2c(=O)n(Cc3ccccc3)cnc2c1Cl.C[N+](=O)[O-]. The molecule has 0 aliphatic heterocycles. The van der Waals surface area contributed by atoms with Gasteiger partial charge < -0.3 is 10.1 Å². The van der Waals surface area contributed by atoms with Crippen LogP contribution in [0.2, 0.25) is 10.0 Å². The molecule has 15 nitrogen and oxygen atoms in total. The summed E-state index contributed by atoms with van der Waals surface area (Å²) in [6.45, 7) is 2.42. The molecule has 2 aromatic heterocycles. The predicted molar refractivity (Wildman–Crippen MR) is 207 cm³/mol. The van der Waals surface area contributed by atoms with E-state index < -0.39 is 52.0 Å². The number of carbonyl (C=O) groups is 2. The molecule has 0 saturated carbocycles. The second-order valence-electron chi connectivity index (χ2n) is 12.1. The highest BCUT2D eigenvalue weighted by atomic mass is 35.5. The number of nitrogens with zero attached hydrogens (tertiary/aromatic N) is 6. The van der Waals surface area contributed by atoms with E-state index in [9.17, 15) is 45.5 Å². The Morgan fingerprint density at radius 3 is 1.68 bits per heavy atom. The molecule has 2 amide bonds. The number of benzene rings is 4. The highest BCUT2D eigenvalue weighted by Crippen LogP contribution is 2.40. The summed E-state index contributed by atoms with van der Waals surface area (Å²) >= 11 is 12.3. The van der Waals surface area contributed by atoms with Gasteiger partial charge >= 0.3 is 12.7 Å². The van der Waals surface area contributed by atoms with Crippen molar-refractivity contribution in [2.45, 2.75) is 39.7 Å². The number of rotatable bonds is 8. The number of anilines is 2. The van der Waals surface area contributed by atoms with Crippen molar-refractivity contribution in [3.8, 4) is 5.75 Å². The third-order valence-electron chi connectivity index (χ3n) is 7.55. The molecule has 0 unspecified atom stereocenters. The van der Waals surface area contributed by atoms with Crippen molar-refractivity contribution >= 4 is 68.2 Å². The van der Waals surface area contributed by atoms with Crippen molar-refractivity contribution in [1.29, 1.82) is 0 Å². The maximum Gasteiger partial charge on any atom is 0.573 e. The minimum Gasteiger partial charge on any atom is -0.403 e. The lowest BCUT2D eigenvalue weighted by Crippen LogP contribution is -2.35. The molecule has 4 aromatic carbocycles. The average Bonchev–Trinajstić information content (AvgIpc) is 3.15. The van der Waals surface area contributed by atoms with Gasteiger partial charge in [-0.25, -0.2) is 9.97 Å². The topological polar surface area (TPSA) is 181 Å². The molecule has 23 heteroatoms. The van der Waals surface area contributed by atoms with Crippen molar-refractivity contribution in [2.24, 2.45) is 0 Å². The number of halogens is 8. The molecular formula is C37H29Cl2F6N7O8. The molecule has 0 aliphatic rings. The predicted octanol–water partition coefficient (Wildman–Crippen LogP) is 7.75. The van der Waals surface area contributed by atoms with Gasteiger partial charge in [-0.1, -0.05) is 83.9 Å². The van der Waals surface area contributed by atoms with Crippen molar-refractivity contribution in [3.63, 3.8) is 0 Å². The van der Waals surface area contributed by atoms with Gasteiger partial charge in [-0.05, 0) is 29.3 Å². The van der Waals surface area contributed by atoms with Gasteiger partial charge in [0.05, 0.1) is 63.3 Å². The molecule has 6 aromatic rings. The normalized spacial score (nSPS) is 11.2. The van der Waals surface area contributed by atoms with Gasteiger partial charge in [-0.2, -0.15) is 9.90 Å². The van der Waals surface area contributed by atoms with Gasteiger partial charge in [0, 0.05) is 18.8 Å². The van der Waals surface area contributed by atoms with Crippen molar-refractivity contribution in [3.05, 3.63) is 144 Å². The molecule has 0 spiro atoms. The number of hydrogen-bond acceptors (Lipinski definition) is 10. The number of aromatic nitrogens is 4. The molecule has 0 atom stereocenters. The number of carbonyl (C=O) groups excluding carboxylic acids is 2. The van der Waals surface area contributed by atoms with E-state index in [1.54, 1.807) is 24.3 Å². The monoisotopic (exact) mass is 883 g/mol. The van der Waals surface area contributed by atoms with Crippen LogP contribution in [0.4, 0.5) is 37.7 Å². The van der Waals surface area contributed by atoms with E-state index in [0.29, 0.717) is 0 Å². The zero-order chi connectivity index (χ0) is 44.5. The molecule has 0 fully saturated rings. The molecule has 2 heterocycles.